The number of rotatable bonds is 2. The Morgan fingerprint density at radius 2 is 2.08 bits per heavy atom. The minimum Gasteiger partial charge on any atom is -0.122 e. The van der Waals surface area contributed by atoms with E-state index in [1.165, 1.54) is 40.2 Å². The van der Waals surface area contributed by atoms with E-state index in [1.54, 1.807) is 0 Å². The van der Waals surface area contributed by atoms with E-state index in [9.17, 15) is 0 Å². The van der Waals surface area contributed by atoms with Crippen molar-refractivity contribution >= 4 is 8.58 Å². The van der Waals surface area contributed by atoms with Gasteiger partial charge in [-0.15, -0.1) is 8.58 Å². The molecule has 1 aliphatic carbocycles. The predicted octanol–water partition coefficient (Wildman–Crippen LogP) is 3.45. The van der Waals surface area contributed by atoms with Crippen LogP contribution in [0.5, 0.6) is 0 Å². The molecule has 0 nitrogen and oxygen atoms in total. The second-order valence-electron chi connectivity index (χ2n) is 4.37. The molecule has 2 fully saturated rings. The first-order valence-electron chi connectivity index (χ1n) is 5.40. The number of allylic oxidation sites excluding steroid dienone is 3. The fraction of sp³-hybridized carbons (Fsp3) is 0.667. The van der Waals surface area contributed by atoms with Gasteiger partial charge in [0.1, 0.15) is 0 Å². The van der Waals surface area contributed by atoms with Gasteiger partial charge in [0.2, 0.25) is 0 Å². The summed E-state index contributed by atoms with van der Waals surface area (Å²) in [5.41, 5.74) is 0. The summed E-state index contributed by atoms with van der Waals surface area (Å²) < 4.78 is 0. The van der Waals surface area contributed by atoms with Gasteiger partial charge in [0, 0.05) is 0 Å². The quantitative estimate of drug-likeness (QED) is 0.466. The molecule has 0 bridgehead atoms. The van der Waals surface area contributed by atoms with E-state index in [0.717, 1.165) is 17.8 Å². The molecule has 2 aliphatic rings. The van der Waals surface area contributed by atoms with E-state index in [-0.39, 0.29) is 0 Å². The Morgan fingerprint density at radius 3 is 2.85 bits per heavy atom. The topological polar surface area (TPSA) is 0 Å². The van der Waals surface area contributed by atoms with Crippen molar-refractivity contribution in [2.45, 2.75) is 19.3 Å². The van der Waals surface area contributed by atoms with Crippen LogP contribution < -0.4 is 0 Å². The average molecular weight is 194 g/mol. The van der Waals surface area contributed by atoms with E-state index < -0.39 is 0 Å². The molecule has 3 unspecified atom stereocenters. The lowest BCUT2D eigenvalue weighted by Crippen LogP contribution is -2.15. The molecule has 1 heterocycles. The van der Waals surface area contributed by atoms with Gasteiger partial charge in [-0.2, -0.15) is 0 Å². The third-order valence-electron chi connectivity index (χ3n) is 3.50. The second-order valence-corrected chi connectivity index (χ2v) is 5.77. The van der Waals surface area contributed by atoms with E-state index in [2.05, 4.69) is 18.7 Å². The molecule has 13 heavy (non-hydrogen) atoms. The highest BCUT2D eigenvalue weighted by molar-refractivity contribution is 7.38. The zero-order chi connectivity index (χ0) is 9.10. The third-order valence-corrected chi connectivity index (χ3v) is 4.95. The normalized spacial score (nSPS) is 41.1. The molecule has 0 spiro atoms. The molecule has 0 aromatic heterocycles. The third kappa shape index (κ3) is 2.23. The second kappa shape index (κ2) is 4.42. The van der Waals surface area contributed by atoms with Crippen LogP contribution in [0.3, 0.4) is 0 Å². The van der Waals surface area contributed by atoms with Crippen LogP contribution in [-0.4, -0.2) is 12.3 Å². The Labute approximate surface area is 83.3 Å². The zero-order valence-corrected chi connectivity index (χ0v) is 9.21. The van der Waals surface area contributed by atoms with Crippen molar-refractivity contribution in [2.24, 2.45) is 17.8 Å². The van der Waals surface area contributed by atoms with Crippen LogP contribution >= 0.6 is 8.58 Å². The lowest BCUT2D eigenvalue weighted by atomic mass is 9.95. The summed E-state index contributed by atoms with van der Waals surface area (Å²) in [5, 5.41) is 0. The number of hydrogen-bond donors (Lipinski definition) is 0. The summed E-state index contributed by atoms with van der Waals surface area (Å²) >= 11 is 0. The molecule has 1 saturated heterocycles. The summed E-state index contributed by atoms with van der Waals surface area (Å²) in [5.74, 6) is 3.02. The van der Waals surface area contributed by atoms with Gasteiger partial charge < -0.3 is 0 Å². The first-order valence-corrected chi connectivity index (χ1v) is 6.81. The van der Waals surface area contributed by atoms with Crippen LogP contribution in [0, 0.1) is 17.8 Å². The van der Waals surface area contributed by atoms with Crippen LogP contribution in [0.4, 0.5) is 0 Å². The fourth-order valence-corrected chi connectivity index (χ4v) is 4.48. The number of fused-ring (bicyclic) bond motifs is 1. The molecular weight excluding hydrogens is 175 g/mol. The van der Waals surface area contributed by atoms with Gasteiger partial charge in [-0.05, 0) is 49.3 Å². The zero-order valence-electron chi connectivity index (χ0n) is 8.21. The first-order chi connectivity index (χ1) is 6.40. The van der Waals surface area contributed by atoms with Gasteiger partial charge in [-0.3, -0.25) is 0 Å². The maximum atomic E-state index is 3.73. The summed E-state index contributed by atoms with van der Waals surface area (Å²) in [6, 6.07) is 0. The fourth-order valence-electron chi connectivity index (χ4n) is 2.83. The largest absolute Gasteiger partial charge is 0.122 e. The Kier molecular flexibility index (Phi) is 3.22. The smallest absolute Gasteiger partial charge is 0.0225 e. The highest BCUT2D eigenvalue weighted by atomic mass is 31.1. The minimum absolute atomic E-state index is 0.871. The van der Waals surface area contributed by atoms with Crippen molar-refractivity contribution < 1.29 is 0 Å². The molecule has 1 saturated carbocycles. The Morgan fingerprint density at radius 1 is 1.23 bits per heavy atom. The molecule has 4 atom stereocenters. The molecule has 0 amide bonds. The van der Waals surface area contributed by atoms with Crippen LogP contribution in [0.15, 0.2) is 24.8 Å². The summed E-state index contributed by atoms with van der Waals surface area (Å²) in [7, 11) is 1.26. The average Bonchev–Trinajstić information content (AvgIpc) is 2.57. The van der Waals surface area contributed by atoms with Crippen molar-refractivity contribution in [2.75, 3.05) is 12.3 Å². The van der Waals surface area contributed by atoms with Gasteiger partial charge in [0.05, 0.1) is 0 Å². The molecule has 72 valence electrons. The Bertz CT molecular complexity index is 193. The van der Waals surface area contributed by atoms with Crippen molar-refractivity contribution in [3.8, 4) is 0 Å². The standard InChI is InChI=1S/C12H19P/c1-2-3-4-10-7-11-5-6-13-9-12(11)8-10/h2-4,10-13H,1,5-9H2/b4-3-/t10-,11?,12?/m1/s1. The summed E-state index contributed by atoms with van der Waals surface area (Å²) in [6.07, 6.45) is 13.9. The van der Waals surface area contributed by atoms with Crippen molar-refractivity contribution in [3.63, 3.8) is 0 Å². The lowest BCUT2D eigenvalue weighted by Gasteiger charge is -2.24. The van der Waals surface area contributed by atoms with Crippen LogP contribution in [0.25, 0.3) is 0 Å². The van der Waals surface area contributed by atoms with Crippen molar-refractivity contribution in [1.82, 2.24) is 0 Å². The van der Waals surface area contributed by atoms with Gasteiger partial charge in [0.25, 0.3) is 0 Å². The maximum Gasteiger partial charge on any atom is -0.0225 e. The molecule has 1 heteroatoms. The monoisotopic (exact) mass is 194 g/mol. The maximum absolute atomic E-state index is 3.73. The number of hydrogen-bond acceptors (Lipinski definition) is 0. The molecule has 1 aliphatic heterocycles. The summed E-state index contributed by atoms with van der Waals surface area (Å²) in [4.78, 5) is 0. The van der Waals surface area contributed by atoms with E-state index in [1.807, 2.05) is 6.08 Å². The predicted molar refractivity (Wildman–Crippen MR) is 61.7 cm³/mol. The van der Waals surface area contributed by atoms with E-state index >= 15 is 0 Å². The van der Waals surface area contributed by atoms with Gasteiger partial charge in [0.15, 0.2) is 0 Å². The van der Waals surface area contributed by atoms with Crippen LogP contribution in [0.2, 0.25) is 0 Å². The van der Waals surface area contributed by atoms with E-state index in [0.29, 0.717) is 0 Å². The SMILES string of the molecule is C=C/C=C\[C@@H]1CC2CCPCC2C1. The van der Waals surface area contributed by atoms with Gasteiger partial charge in [-0.25, -0.2) is 0 Å². The Balaban J connectivity index is 1.91. The van der Waals surface area contributed by atoms with Crippen LogP contribution in [-0.2, 0) is 0 Å². The highest BCUT2D eigenvalue weighted by Crippen LogP contribution is 2.45. The molecule has 0 aromatic carbocycles. The van der Waals surface area contributed by atoms with Gasteiger partial charge >= 0.3 is 0 Å². The molecule has 0 N–H and O–H groups in total. The summed E-state index contributed by atoms with van der Waals surface area (Å²) in [6.45, 7) is 3.73. The first kappa shape index (κ1) is 9.46. The molecule has 0 radical (unpaired) electrons. The molecular formula is C12H19P. The highest BCUT2D eigenvalue weighted by Gasteiger charge is 2.34. The lowest BCUT2D eigenvalue weighted by molar-refractivity contribution is 0.402. The van der Waals surface area contributed by atoms with Crippen LogP contribution in [0.1, 0.15) is 19.3 Å². The van der Waals surface area contributed by atoms with Gasteiger partial charge in [-0.1, -0.05) is 24.8 Å². The van der Waals surface area contributed by atoms with E-state index in [4.69, 9.17) is 0 Å². The Hall–Kier alpha value is -0.0900. The van der Waals surface area contributed by atoms with Crippen molar-refractivity contribution in [3.05, 3.63) is 24.8 Å². The minimum atomic E-state index is 0.871. The molecule has 0 aromatic rings. The molecule has 2 rings (SSSR count). The van der Waals surface area contributed by atoms with Crippen molar-refractivity contribution in [1.29, 1.82) is 0 Å².